The van der Waals surface area contributed by atoms with Gasteiger partial charge in [0.1, 0.15) is 17.6 Å². The predicted molar refractivity (Wildman–Crippen MR) is 135 cm³/mol. The second-order valence-electron chi connectivity index (χ2n) is 9.72. The molecule has 3 atom stereocenters. The van der Waals surface area contributed by atoms with E-state index in [4.69, 9.17) is 5.73 Å². The van der Waals surface area contributed by atoms with Gasteiger partial charge >= 0.3 is 0 Å². The first-order valence-corrected chi connectivity index (χ1v) is 12.4. The molecule has 0 bridgehead atoms. The molecule has 2 aromatic carbocycles. The molecule has 7 heteroatoms. The second-order valence-corrected chi connectivity index (χ2v) is 9.72. The molecule has 2 aliphatic rings. The third-order valence-electron chi connectivity index (χ3n) is 7.75. The topological polar surface area (TPSA) is 84.5 Å². The molecule has 3 heterocycles. The molecule has 3 aromatic rings. The van der Waals surface area contributed by atoms with Crippen molar-refractivity contribution in [1.29, 1.82) is 0 Å². The Labute approximate surface area is 206 Å². The minimum absolute atomic E-state index is 0.0443. The molecule has 2 N–H and O–H groups in total. The van der Waals surface area contributed by atoms with Crippen molar-refractivity contribution in [2.24, 2.45) is 12.8 Å². The number of carbonyl (C=O) groups excluding carboxylic acids is 2. The summed E-state index contributed by atoms with van der Waals surface area (Å²) in [5, 5.41) is 0. The molecule has 2 saturated heterocycles. The van der Waals surface area contributed by atoms with E-state index in [1.165, 1.54) is 5.56 Å². The molecule has 2 fully saturated rings. The van der Waals surface area contributed by atoms with Crippen LogP contribution in [0.4, 0.5) is 0 Å². The van der Waals surface area contributed by atoms with Crippen LogP contribution < -0.4 is 5.73 Å². The summed E-state index contributed by atoms with van der Waals surface area (Å²) in [6.45, 7) is 4.05. The third kappa shape index (κ3) is 4.36. The fourth-order valence-corrected chi connectivity index (χ4v) is 5.59. The summed E-state index contributed by atoms with van der Waals surface area (Å²) in [5.41, 5.74) is 9.42. The van der Waals surface area contributed by atoms with E-state index in [-0.39, 0.29) is 24.3 Å². The molecule has 7 nitrogen and oxygen atoms in total. The number of likely N-dealkylation sites (tertiary alicyclic amines) is 2. The monoisotopic (exact) mass is 471 g/mol. The van der Waals surface area contributed by atoms with Crippen molar-refractivity contribution in [3.8, 4) is 0 Å². The van der Waals surface area contributed by atoms with Crippen LogP contribution in [0.2, 0.25) is 0 Å². The Balaban J connectivity index is 1.41. The van der Waals surface area contributed by atoms with Gasteiger partial charge in [-0.05, 0) is 30.9 Å². The molecule has 0 spiro atoms. The van der Waals surface area contributed by atoms with Crippen LogP contribution in [0.25, 0.3) is 0 Å². The lowest BCUT2D eigenvalue weighted by Gasteiger charge is -2.27. The largest absolute Gasteiger partial charge is 0.340 e. The zero-order chi connectivity index (χ0) is 24.5. The number of aromatic nitrogens is 2. The van der Waals surface area contributed by atoms with E-state index >= 15 is 0 Å². The molecule has 5 rings (SSSR count). The molecule has 0 aliphatic carbocycles. The van der Waals surface area contributed by atoms with Crippen molar-refractivity contribution in [2.75, 3.05) is 19.6 Å². The summed E-state index contributed by atoms with van der Waals surface area (Å²) < 4.78 is 1.86. The van der Waals surface area contributed by atoms with Gasteiger partial charge in [-0.3, -0.25) is 9.59 Å². The lowest BCUT2D eigenvalue weighted by molar-refractivity contribution is -0.134. The molecule has 2 aliphatic heterocycles. The van der Waals surface area contributed by atoms with Crippen molar-refractivity contribution < 1.29 is 9.59 Å². The molecule has 2 amide bonds. The van der Waals surface area contributed by atoms with Gasteiger partial charge in [0.25, 0.3) is 5.91 Å². The van der Waals surface area contributed by atoms with Crippen LogP contribution in [0.3, 0.4) is 0 Å². The molecule has 1 aromatic heterocycles. The van der Waals surface area contributed by atoms with Crippen molar-refractivity contribution in [3.05, 3.63) is 89.0 Å². The Bertz CT molecular complexity index is 1210. The standard InChI is InChI=1S/C28H33N5O2/c1-19-26(30-25(16-29)31(19)2)28(35)33-18-23(21-11-7-4-8-12-21)15-24(33)27(34)32-14-13-22(17-32)20-9-5-3-6-10-20/h3-12,22-24H,13-18,29H2,1-2H3/t22-,23-,24-/m0/s1. The number of hydrogen-bond acceptors (Lipinski definition) is 4. The molecule has 0 unspecified atom stereocenters. The Morgan fingerprint density at radius 2 is 1.60 bits per heavy atom. The molecule has 182 valence electrons. The highest BCUT2D eigenvalue weighted by molar-refractivity contribution is 5.97. The minimum atomic E-state index is -0.495. The number of imidazole rings is 1. The summed E-state index contributed by atoms with van der Waals surface area (Å²) in [4.78, 5) is 35.9. The number of nitrogens with two attached hydrogens (primary N) is 1. The Morgan fingerprint density at radius 1 is 0.971 bits per heavy atom. The SMILES string of the molecule is Cc1c(C(=O)N2C[C@@H](c3ccccc3)C[C@H]2C(=O)N2CC[C@H](c3ccccc3)C2)nc(CN)n1C. The zero-order valence-electron chi connectivity index (χ0n) is 20.4. The maximum atomic E-state index is 13.8. The number of rotatable bonds is 5. The fourth-order valence-electron chi connectivity index (χ4n) is 5.59. The summed E-state index contributed by atoms with van der Waals surface area (Å²) in [5.74, 6) is 0.967. The van der Waals surface area contributed by atoms with E-state index in [2.05, 4.69) is 29.2 Å². The van der Waals surface area contributed by atoms with Crippen molar-refractivity contribution in [2.45, 2.75) is 44.2 Å². The third-order valence-corrected chi connectivity index (χ3v) is 7.75. The number of carbonyl (C=O) groups is 2. The Morgan fingerprint density at radius 3 is 2.20 bits per heavy atom. The van der Waals surface area contributed by atoms with E-state index < -0.39 is 6.04 Å². The number of nitrogens with zero attached hydrogens (tertiary/aromatic N) is 4. The van der Waals surface area contributed by atoms with Crippen molar-refractivity contribution >= 4 is 11.8 Å². The van der Waals surface area contributed by atoms with Crippen LogP contribution in [-0.2, 0) is 18.4 Å². The van der Waals surface area contributed by atoms with E-state index in [1.807, 2.05) is 59.8 Å². The normalized spacial score (nSPS) is 22.1. The first-order valence-electron chi connectivity index (χ1n) is 12.4. The van der Waals surface area contributed by atoms with Crippen molar-refractivity contribution in [1.82, 2.24) is 19.4 Å². The maximum absolute atomic E-state index is 13.8. The van der Waals surface area contributed by atoms with Gasteiger partial charge in [-0.2, -0.15) is 0 Å². The Kier molecular flexibility index (Phi) is 6.43. The average molecular weight is 472 g/mol. The van der Waals surface area contributed by atoms with Crippen LogP contribution in [-0.4, -0.2) is 56.8 Å². The van der Waals surface area contributed by atoms with E-state index in [0.717, 1.165) is 17.7 Å². The maximum Gasteiger partial charge on any atom is 0.275 e. The fraction of sp³-hybridized carbons (Fsp3) is 0.393. The van der Waals surface area contributed by atoms with Crippen LogP contribution in [0.1, 0.15) is 57.8 Å². The van der Waals surface area contributed by atoms with Gasteiger partial charge in [0.2, 0.25) is 5.91 Å². The summed E-state index contributed by atoms with van der Waals surface area (Å²) in [6, 6.07) is 20.1. The highest BCUT2D eigenvalue weighted by Crippen LogP contribution is 2.36. The second kappa shape index (κ2) is 9.66. The van der Waals surface area contributed by atoms with Crippen LogP contribution in [0, 0.1) is 6.92 Å². The lowest BCUT2D eigenvalue weighted by atomic mass is 9.96. The summed E-state index contributed by atoms with van der Waals surface area (Å²) >= 11 is 0. The lowest BCUT2D eigenvalue weighted by Crippen LogP contribution is -2.47. The van der Waals surface area contributed by atoms with Crippen LogP contribution in [0.15, 0.2) is 60.7 Å². The van der Waals surface area contributed by atoms with Crippen LogP contribution in [0.5, 0.6) is 0 Å². The predicted octanol–water partition coefficient (Wildman–Crippen LogP) is 3.20. The average Bonchev–Trinajstić information content (AvgIpc) is 3.63. The van der Waals surface area contributed by atoms with Gasteiger partial charge in [-0.1, -0.05) is 60.7 Å². The Hall–Kier alpha value is -3.45. The quantitative estimate of drug-likeness (QED) is 0.619. The summed E-state index contributed by atoms with van der Waals surface area (Å²) in [7, 11) is 1.87. The van der Waals surface area contributed by atoms with Crippen molar-refractivity contribution in [3.63, 3.8) is 0 Å². The first-order chi connectivity index (χ1) is 17.0. The highest BCUT2D eigenvalue weighted by Gasteiger charge is 2.44. The van der Waals surface area contributed by atoms with Gasteiger partial charge in [0, 0.05) is 44.2 Å². The first kappa shape index (κ1) is 23.3. The molecular weight excluding hydrogens is 438 g/mol. The highest BCUT2D eigenvalue weighted by atomic mass is 16.2. The van der Waals surface area contributed by atoms with E-state index in [1.54, 1.807) is 4.90 Å². The smallest absolute Gasteiger partial charge is 0.275 e. The molecule has 0 saturated carbocycles. The summed E-state index contributed by atoms with van der Waals surface area (Å²) in [6.07, 6.45) is 1.56. The van der Waals surface area contributed by atoms with Gasteiger partial charge in [-0.15, -0.1) is 0 Å². The van der Waals surface area contributed by atoms with E-state index in [9.17, 15) is 9.59 Å². The van der Waals surface area contributed by atoms with Gasteiger partial charge in [0.05, 0.1) is 6.54 Å². The number of benzene rings is 2. The van der Waals surface area contributed by atoms with Gasteiger partial charge in [-0.25, -0.2) is 4.98 Å². The molecule has 35 heavy (non-hydrogen) atoms. The number of hydrogen-bond donors (Lipinski definition) is 1. The zero-order valence-corrected chi connectivity index (χ0v) is 20.4. The van der Waals surface area contributed by atoms with Crippen LogP contribution >= 0.6 is 0 Å². The minimum Gasteiger partial charge on any atom is -0.340 e. The molecule has 0 radical (unpaired) electrons. The van der Waals surface area contributed by atoms with E-state index in [0.29, 0.717) is 43.5 Å². The molecular formula is C28H33N5O2. The number of amides is 2. The van der Waals surface area contributed by atoms with Gasteiger partial charge in [0.15, 0.2) is 0 Å². The van der Waals surface area contributed by atoms with Gasteiger partial charge < -0.3 is 20.1 Å².